The van der Waals surface area contributed by atoms with Crippen LogP contribution in [0.5, 0.6) is 0 Å². The second-order valence-corrected chi connectivity index (χ2v) is 2.99. The molecule has 0 spiro atoms. The minimum atomic E-state index is 0.427. The predicted molar refractivity (Wildman–Crippen MR) is 48.9 cm³/mol. The zero-order chi connectivity index (χ0) is 9.26. The summed E-state index contributed by atoms with van der Waals surface area (Å²) >= 11 is 5.72. The normalized spacial score (nSPS) is 10.3. The molecule has 0 N–H and O–H groups in total. The topological polar surface area (TPSA) is 43.6 Å². The minimum Gasteiger partial charge on any atom is -0.274 e. The number of hydrogen-bond acceptors (Lipinski definition) is 3. The van der Waals surface area contributed by atoms with Crippen LogP contribution in [-0.4, -0.2) is 19.5 Å². The van der Waals surface area contributed by atoms with Gasteiger partial charge in [0.15, 0.2) is 0 Å². The van der Waals surface area contributed by atoms with E-state index in [1.54, 1.807) is 23.2 Å². The Morgan fingerprint density at radius 2 is 2.23 bits per heavy atom. The Balaban J connectivity index is 2.46. The summed E-state index contributed by atoms with van der Waals surface area (Å²) < 4.78 is 1.72. The van der Waals surface area contributed by atoms with Crippen LogP contribution in [0.2, 0.25) is 5.15 Å². The van der Waals surface area contributed by atoms with Crippen molar-refractivity contribution in [3.63, 3.8) is 0 Å². The maximum atomic E-state index is 5.72. The Morgan fingerprint density at radius 1 is 1.38 bits per heavy atom. The highest BCUT2D eigenvalue weighted by Crippen LogP contribution is 2.06. The van der Waals surface area contributed by atoms with E-state index < -0.39 is 0 Å². The summed E-state index contributed by atoms with van der Waals surface area (Å²) in [6, 6.07) is 1.63. The van der Waals surface area contributed by atoms with Crippen molar-refractivity contribution < 1.29 is 0 Å². The lowest BCUT2D eigenvalue weighted by Gasteiger charge is -1.97. The van der Waals surface area contributed by atoms with Crippen molar-refractivity contribution >= 4 is 11.6 Å². The highest BCUT2D eigenvalue weighted by atomic mass is 35.5. The molecule has 0 saturated carbocycles. The van der Waals surface area contributed by atoms with Crippen molar-refractivity contribution in [1.82, 2.24) is 19.5 Å². The largest absolute Gasteiger partial charge is 0.274 e. The number of hydrogen-bond donors (Lipinski definition) is 0. The van der Waals surface area contributed by atoms with E-state index in [9.17, 15) is 0 Å². The Kier molecular flexibility index (Phi) is 1.98. The van der Waals surface area contributed by atoms with Gasteiger partial charge in [-0.15, -0.1) is 0 Å². The van der Waals surface area contributed by atoms with Crippen molar-refractivity contribution in [1.29, 1.82) is 0 Å². The lowest BCUT2D eigenvalue weighted by atomic mass is 10.6. The summed E-state index contributed by atoms with van der Waals surface area (Å²) in [5.74, 6) is 0.535. The van der Waals surface area contributed by atoms with Gasteiger partial charge in [-0.2, -0.15) is 0 Å². The summed E-state index contributed by atoms with van der Waals surface area (Å²) in [6.45, 7) is 1.90. The molecule has 0 fully saturated rings. The van der Waals surface area contributed by atoms with E-state index in [1.165, 1.54) is 0 Å². The molecular weight excluding hydrogens is 188 g/mol. The van der Waals surface area contributed by atoms with E-state index in [2.05, 4.69) is 15.0 Å². The second-order valence-electron chi connectivity index (χ2n) is 2.60. The van der Waals surface area contributed by atoms with Crippen molar-refractivity contribution in [2.24, 2.45) is 0 Å². The monoisotopic (exact) mass is 194 g/mol. The van der Waals surface area contributed by atoms with E-state index >= 15 is 0 Å². The summed E-state index contributed by atoms with van der Waals surface area (Å²) in [5, 5.41) is 0.427. The summed E-state index contributed by atoms with van der Waals surface area (Å²) in [4.78, 5) is 12.1. The van der Waals surface area contributed by atoms with Crippen LogP contribution >= 0.6 is 11.6 Å². The van der Waals surface area contributed by atoms with Gasteiger partial charge in [0.1, 0.15) is 11.5 Å². The van der Waals surface area contributed by atoms with Gasteiger partial charge in [0.05, 0.1) is 5.69 Å². The van der Waals surface area contributed by atoms with E-state index in [1.807, 2.05) is 13.1 Å². The third-order valence-corrected chi connectivity index (χ3v) is 1.76. The van der Waals surface area contributed by atoms with Crippen molar-refractivity contribution in [2.45, 2.75) is 6.92 Å². The molecule has 0 radical (unpaired) electrons. The van der Waals surface area contributed by atoms with Gasteiger partial charge in [-0.1, -0.05) is 11.6 Å². The van der Waals surface area contributed by atoms with Gasteiger partial charge in [-0.25, -0.2) is 15.0 Å². The molecule has 0 saturated heterocycles. The number of halogens is 1. The number of imidazole rings is 1. The smallest absolute Gasteiger partial charge is 0.236 e. The molecule has 5 heteroatoms. The van der Waals surface area contributed by atoms with Gasteiger partial charge in [0, 0.05) is 12.4 Å². The average Bonchev–Trinajstić information content (AvgIpc) is 2.52. The van der Waals surface area contributed by atoms with Gasteiger partial charge in [-0.3, -0.25) is 4.57 Å². The molecule has 0 aromatic carbocycles. The molecule has 0 bridgehead atoms. The molecule has 0 atom stereocenters. The van der Waals surface area contributed by atoms with Crippen LogP contribution in [0.15, 0.2) is 24.8 Å². The quantitative estimate of drug-likeness (QED) is 0.648. The first kappa shape index (κ1) is 8.19. The average molecular weight is 195 g/mol. The first-order valence-corrected chi connectivity index (χ1v) is 4.13. The lowest BCUT2D eigenvalue weighted by Crippen LogP contribution is -1.97. The van der Waals surface area contributed by atoms with Gasteiger partial charge in [0.25, 0.3) is 0 Å². The summed E-state index contributed by atoms with van der Waals surface area (Å²) in [7, 11) is 0. The zero-order valence-electron chi connectivity index (χ0n) is 6.98. The Labute approximate surface area is 80.2 Å². The zero-order valence-corrected chi connectivity index (χ0v) is 7.73. The van der Waals surface area contributed by atoms with Crippen LogP contribution in [-0.2, 0) is 0 Å². The maximum Gasteiger partial charge on any atom is 0.236 e. The summed E-state index contributed by atoms with van der Waals surface area (Å²) in [5.41, 5.74) is 0.920. The highest BCUT2D eigenvalue weighted by Gasteiger charge is 2.00. The third kappa shape index (κ3) is 1.67. The van der Waals surface area contributed by atoms with Gasteiger partial charge >= 0.3 is 0 Å². The molecule has 4 nitrogen and oxygen atoms in total. The molecule has 0 aliphatic carbocycles. The van der Waals surface area contributed by atoms with Crippen molar-refractivity contribution in [3.05, 3.63) is 35.6 Å². The van der Waals surface area contributed by atoms with Crippen LogP contribution in [0.3, 0.4) is 0 Å². The number of aryl methyl sites for hydroxylation is 1. The van der Waals surface area contributed by atoms with Gasteiger partial charge in [-0.05, 0) is 13.0 Å². The molecule has 0 unspecified atom stereocenters. The number of nitrogens with zero attached hydrogens (tertiary/aromatic N) is 4. The molecule has 2 heterocycles. The van der Waals surface area contributed by atoms with E-state index in [-0.39, 0.29) is 0 Å². The molecule has 0 amide bonds. The number of aromatic nitrogens is 4. The van der Waals surface area contributed by atoms with Crippen LogP contribution < -0.4 is 0 Å². The minimum absolute atomic E-state index is 0.427. The molecular formula is C8H7ClN4. The molecule has 2 rings (SSSR count). The molecule has 66 valence electrons. The van der Waals surface area contributed by atoms with Gasteiger partial charge in [0.2, 0.25) is 5.95 Å². The Morgan fingerprint density at radius 3 is 2.85 bits per heavy atom. The first-order chi connectivity index (χ1) is 6.25. The fourth-order valence-corrected chi connectivity index (χ4v) is 1.11. The van der Waals surface area contributed by atoms with Crippen LogP contribution in [0.1, 0.15) is 5.69 Å². The second kappa shape index (κ2) is 3.14. The van der Waals surface area contributed by atoms with Crippen LogP contribution in [0.4, 0.5) is 0 Å². The lowest BCUT2D eigenvalue weighted by molar-refractivity contribution is 0.925. The van der Waals surface area contributed by atoms with E-state index in [4.69, 9.17) is 11.6 Å². The molecule has 13 heavy (non-hydrogen) atoms. The Hall–Kier alpha value is -1.42. The fraction of sp³-hybridized carbons (Fsp3) is 0.125. The number of rotatable bonds is 1. The molecule has 0 aliphatic rings. The maximum absolute atomic E-state index is 5.72. The molecule has 2 aromatic rings. The third-order valence-electron chi connectivity index (χ3n) is 1.55. The SMILES string of the molecule is Cc1cn(-c2nccc(Cl)n2)cn1. The molecule has 2 aromatic heterocycles. The predicted octanol–water partition coefficient (Wildman–Crippen LogP) is 1.62. The highest BCUT2D eigenvalue weighted by molar-refractivity contribution is 6.29. The first-order valence-electron chi connectivity index (χ1n) is 3.75. The Bertz CT molecular complexity index is 424. The summed E-state index contributed by atoms with van der Waals surface area (Å²) in [6.07, 6.45) is 5.10. The molecule has 0 aliphatic heterocycles. The van der Waals surface area contributed by atoms with Crippen LogP contribution in [0.25, 0.3) is 5.95 Å². The van der Waals surface area contributed by atoms with E-state index in [0.717, 1.165) is 5.69 Å². The standard InChI is InChI=1S/C8H7ClN4/c1-6-4-13(5-11-6)8-10-3-2-7(9)12-8/h2-5H,1H3. The van der Waals surface area contributed by atoms with Crippen LogP contribution in [0, 0.1) is 6.92 Å². The van der Waals surface area contributed by atoms with Crippen molar-refractivity contribution in [3.8, 4) is 5.95 Å². The fourth-order valence-electron chi connectivity index (χ4n) is 0.982. The van der Waals surface area contributed by atoms with E-state index in [0.29, 0.717) is 11.1 Å². The van der Waals surface area contributed by atoms with Crippen molar-refractivity contribution in [2.75, 3.05) is 0 Å². The van der Waals surface area contributed by atoms with Gasteiger partial charge < -0.3 is 0 Å².